The zero-order valence-electron chi connectivity index (χ0n) is 25.4. The Balaban J connectivity index is 1.80. The number of rotatable bonds is 4. The molecule has 1 N–H and O–H groups in total. The van der Waals surface area contributed by atoms with Crippen molar-refractivity contribution in [2.75, 3.05) is 43.0 Å². The van der Waals surface area contributed by atoms with E-state index in [0.717, 1.165) is 16.7 Å². The molecule has 9 nitrogen and oxygen atoms in total. The molecular weight excluding hydrogens is 585 g/mol. The minimum absolute atomic E-state index is 0.0258. The molecule has 1 saturated heterocycles. The van der Waals surface area contributed by atoms with Gasteiger partial charge in [-0.25, -0.2) is 18.0 Å². The number of fused-ring (bicyclic) bond motifs is 2. The Bertz CT molecular complexity index is 1920. The molecule has 4 heterocycles. The maximum Gasteiger partial charge on any atom is 0.354 e. The van der Waals surface area contributed by atoms with Gasteiger partial charge in [0.15, 0.2) is 11.6 Å². The van der Waals surface area contributed by atoms with E-state index < -0.39 is 40.0 Å². The second kappa shape index (κ2) is 11.2. The molecule has 1 fully saturated rings. The fraction of sp³-hybridized carbons (Fsp3) is 0.333. The van der Waals surface area contributed by atoms with Gasteiger partial charge in [0.2, 0.25) is 5.91 Å². The molecule has 1 amide bonds. The Morgan fingerprint density at radius 2 is 1.84 bits per heavy atom. The number of aromatic nitrogens is 3. The van der Waals surface area contributed by atoms with Gasteiger partial charge in [-0.2, -0.15) is 4.98 Å². The van der Waals surface area contributed by atoms with Crippen LogP contribution in [0.25, 0.3) is 27.7 Å². The van der Waals surface area contributed by atoms with Crippen LogP contribution in [0.15, 0.2) is 47.9 Å². The Labute approximate surface area is 257 Å². The van der Waals surface area contributed by atoms with Crippen molar-refractivity contribution in [1.29, 1.82) is 0 Å². The molecule has 45 heavy (non-hydrogen) atoms. The largest absolute Gasteiger partial charge is 0.507 e. The maximum absolute atomic E-state index is 17.3. The van der Waals surface area contributed by atoms with Crippen molar-refractivity contribution in [2.45, 2.75) is 39.2 Å². The number of hydrogen-bond acceptors (Lipinski definition) is 7. The molecule has 1 atom stereocenters. The summed E-state index contributed by atoms with van der Waals surface area (Å²) in [4.78, 5) is 40.7. The number of anilines is 2. The Hall–Kier alpha value is -4.87. The van der Waals surface area contributed by atoms with E-state index in [1.807, 2.05) is 18.7 Å². The highest BCUT2D eigenvalue weighted by Crippen LogP contribution is 2.47. The molecular formula is C33H33F3N6O3. The van der Waals surface area contributed by atoms with E-state index >= 15 is 13.2 Å². The lowest BCUT2D eigenvalue weighted by molar-refractivity contribution is -0.126. The molecule has 0 bridgehead atoms. The number of piperazine rings is 1. The first kappa shape index (κ1) is 30.2. The number of amides is 1. The minimum atomic E-state index is -1.23. The summed E-state index contributed by atoms with van der Waals surface area (Å²) in [7, 11) is 1.62. The minimum Gasteiger partial charge on any atom is -0.507 e. The summed E-state index contributed by atoms with van der Waals surface area (Å²) in [6.07, 6.45) is 3.28. The number of carbonyl (C=O) groups excluding carboxylic acids is 1. The molecule has 2 aromatic carbocycles. The van der Waals surface area contributed by atoms with Gasteiger partial charge in [0, 0.05) is 45.5 Å². The predicted molar refractivity (Wildman–Crippen MR) is 167 cm³/mol. The predicted octanol–water partition coefficient (Wildman–Crippen LogP) is 5.05. The molecule has 0 aliphatic carbocycles. The number of benzene rings is 2. The lowest BCUT2D eigenvalue weighted by Crippen LogP contribution is -2.56. The van der Waals surface area contributed by atoms with Gasteiger partial charge in [0.05, 0.1) is 33.6 Å². The average Bonchev–Trinajstić information content (AvgIpc) is 3.00. The lowest BCUT2D eigenvalue weighted by Gasteiger charge is -2.44. The van der Waals surface area contributed by atoms with Gasteiger partial charge in [-0.3, -0.25) is 14.3 Å². The number of nitrogens with zero attached hydrogens (tertiary/aromatic N) is 6. The first-order valence-corrected chi connectivity index (χ1v) is 14.8. The second-order valence-electron chi connectivity index (χ2n) is 11.8. The summed E-state index contributed by atoms with van der Waals surface area (Å²) in [5.41, 5.74) is -1.30. The maximum atomic E-state index is 17.3. The number of hydrogen-bond donors (Lipinski definition) is 1. The fourth-order valence-electron chi connectivity index (χ4n) is 6.58. The topological polar surface area (TPSA) is 94.8 Å². The number of phenols is 1. The zero-order chi connectivity index (χ0) is 32.3. The van der Waals surface area contributed by atoms with E-state index in [-0.39, 0.29) is 59.9 Å². The summed E-state index contributed by atoms with van der Waals surface area (Å²) in [5.74, 6) is -4.37. The highest BCUT2D eigenvalue weighted by Gasteiger charge is 2.38. The molecule has 2 aromatic heterocycles. The smallest absolute Gasteiger partial charge is 0.354 e. The van der Waals surface area contributed by atoms with E-state index in [4.69, 9.17) is 0 Å². The van der Waals surface area contributed by atoms with Crippen molar-refractivity contribution in [3.05, 3.63) is 82.3 Å². The Kier molecular flexibility index (Phi) is 7.54. The van der Waals surface area contributed by atoms with Crippen LogP contribution in [-0.2, 0) is 4.79 Å². The SMILES string of the molecule is C=CC(=O)N1CCN2c3nc(=O)n(-c4c(C)ccnc4C(C)C)c4c(F)c(-c5c(O)cccc5F)c(F)c(c34)N(C)CCC2C1. The monoisotopic (exact) mass is 618 g/mol. The van der Waals surface area contributed by atoms with Crippen LogP contribution in [0.5, 0.6) is 5.75 Å². The fourth-order valence-corrected chi connectivity index (χ4v) is 6.58. The van der Waals surface area contributed by atoms with Gasteiger partial charge in [-0.1, -0.05) is 26.5 Å². The molecule has 2 aliphatic rings. The standard InChI is InChI=1S/C33H33F3N6O3/c1-6-22(44)40-14-15-41-19(16-40)11-13-39(5)30-25-31(27(36)24(26(30)35)23-20(34)8-7-9-21(23)43)42(33(45)38-32(25)41)29-18(4)10-12-37-28(29)17(2)3/h6-10,12,17,19,43H,1,11,13-16H2,2-5H3. The summed E-state index contributed by atoms with van der Waals surface area (Å²) in [6.45, 7) is 10.2. The van der Waals surface area contributed by atoms with Crippen molar-refractivity contribution in [2.24, 2.45) is 0 Å². The first-order chi connectivity index (χ1) is 21.5. The average molecular weight is 619 g/mol. The van der Waals surface area contributed by atoms with Crippen molar-refractivity contribution in [3.8, 4) is 22.6 Å². The van der Waals surface area contributed by atoms with Crippen molar-refractivity contribution < 1.29 is 23.1 Å². The second-order valence-corrected chi connectivity index (χ2v) is 11.8. The number of phenolic OH excluding ortho intramolecular Hbond substituents is 1. The normalized spacial score (nSPS) is 16.5. The van der Waals surface area contributed by atoms with Crippen LogP contribution in [0.1, 0.15) is 37.4 Å². The molecule has 4 aromatic rings. The number of aryl methyl sites for hydroxylation is 1. The van der Waals surface area contributed by atoms with Crippen molar-refractivity contribution in [3.63, 3.8) is 0 Å². The summed E-state index contributed by atoms with van der Waals surface area (Å²) >= 11 is 0. The van der Waals surface area contributed by atoms with Gasteiger partial charge in [0.25, 0.3) is 0 Å². The third-order valence-electron chi connectivity index (χ3n) is 8.76. The van der Waals surface area contributed by atoms with Crippen LogP contribution in [0.3, 0.4) is 0 Å². The van der Waals surface area contributed by atoms with Gasteiger partial charge in [0.1, 0.15) is 22.9 Å². The number of pyridine rings is 1. The van der Waals surface area contributed by atoms with Crippen LogP contribution < -0.4 is 15.5 Å². The van der Waals surface area contributed by atoms with Crippen LogP contribution >= 0.6 is 0 Å². The van der Waals surface area contributed by atoms with E-state index in [1.165, 1.54) is 12.1 Å². The Morgan fingerprint density at radius 3 is 2.53 bits per heavy atom. The Morgan fingerprint density at radius 1 is 1.09 bits per heavy atom. The van der Waals surface area contributed by atoms with Crippen molar-refractivity contribution >= 4 is 28.3 Å². The molecule has 0 radical (unpaired) electrons. The summed E-state index contributed by atoms with van der Waals surface area (Å²) in [5, 5.41) is 10.7. The summed E-state index contributed by atoms with van der Waals surface area (Å²) in [6, 6.07) is 4.75. The van der Waals surface area contributed by atoms with Crippen LogP contribution in [0, 0.1) is 24.4 Å². The van der Waals surface area contributed by atoms with Crippen LogP contribution in [0.4, 0.5) is 24.7 Å². The van der Waals surface area contributed by atoms with Gasteiger partial charge in [-0.15, -0.1) is 0 Å². The first-order valence-electron chi connectivity index (χ1n) is 14.8. The van der Waals surface area contributed by atoms with E-state index in [0.29, 0.717) is 29.9 Å². The van der Waals surface area contributed by atoms with Gasteiger partial charge in [-0.05, 0) is 49.1 Å². The summed E-state index contributed by atoms with van der Waals surface area (Å²) < 4.78 is 50.5. The molecule has 12 heteroatoms. The lowest BCUT2D eigenvalue weighted by atomic mass is 9.95. The third kappa shape index (κ3) is 4.70. The van der Waals surface area contributed by atoms with Crippen molar-refractivity contribution in [1.82, 2.24) is 19.4 Å². The van der Waals surface area contributed by atoms with Gasteiger partial charge >= 0.3 is 5.69 Å². The highest BCUT2D eigenvalue weighted by atomic mass is 19.1. The van der Waals surface area contributed by atoms with E-state index in [1.54, 1.807) is 36.0 Å². The molecule has 0 saturated carbocycles. The molecule has 2 aliphatic heterocycles. The number of carbonyl (C=O) groups is 1. The zero-order valence-corrected chi connectivity index (χ0v) is 25.4. The van der Waals surface area contributed by atoms with E-state index in [9.17, 15) is 14.7 Å². The van der Waals surface area contributed by atoms with Crippen LogP contribution in [-0.4, -0.2) is 69.7 Å². The number of aromatic hydroxyl groups is 1. The third-order valence-corrected chi connectivity index (χ3v) is 8.76. The quantitative estimate of drug-likeness (QED) is 0.320. The van der Waals surface area contributed by atoms with Gasteiger partial charge < -0.3 is 19.8 Å². The molecule has 1 unspecified atom stereocenters. The highest BCUT2D eigenvalue weighted by molar-refractivity contribution is 6.05. The molecule has 0 spiro atoms. The molecule has 234 valence electrons. The number of halogens is 3. The van der Waals surface area contributed by atoms with E-state index in [2.05, 4.69) is 16.5 Å². The molecule has 6 rings (SSSR count). The van der Waals surface area contributed by atoms with Crippen LogP contribution in [0.2, 0.25) is 0 Å².